The third kappa shape index (κ3) is 2.97. The molecule has 0 bridgehead atoms. The number of aromatic nitrogens is 3. The van der Waals surface area contributed by atoms with Crippen LogP contribution in [0.15, 0.2) is 41.0 Å². The van der Waals surface area contributed by atoms with Gasteiger partial charge in [-0.3, -0.25) is 10.1 Å². The Morgan fingerprint density at radius 2 is 2.08 bits per heavy atom. The van der Waals surface area contributed by atoms with Gasteiger partial charge in [-0.1, -0.05) is 12.5 Å². The number of furan rings is 1. The smallest absolute Gasteiger partial charge is 0.293 e. The number of pyridine rings is 1. The fraction of sp³-hybridized carbons (Fsp3) is 0.353. The maximum absolute atomic E-state index is 12.0. The van der Waals surface area contributed by atoms with Gasteiger partial charge in [-0.2, -0.15) is 9.50 Å². The van der Waals surface area contributed by atoms with Crippen molar-refractivity contribution in [2.45, 2.75) is 38.2 Å². The van der Waals surface area contributed by atoms with Crippen LogP contribution in [-0.4, -0.2) is 26.6 Å². The minimum absolute atomic E-state index is 0.215. The highest BCUT2D eigenvalue weighted by molar-refractivity contribution is 6.01. The number of fused-ring (bicyclic) bond motifs is 1. The van der Waals surface area contributed by atoms with E-state index in [1.54, 1.807) is 16.6 Å². The van der Waals surface area contributed by atoms with Crippen LogP contribution in [0.5, 0.6) is 5.88 Å². The average molecular weight is 326 g/mol. The molecule has 0 radical (unpaired) electrons. The summed E-state index contributed by atoms with van der Waals surface area (Å²) in [4.78, 5) is 16.3. The molecule has 4 rings (SSSR count). The van der Waals surface area contributed by atoms with Gasteiger partial charge in [0.25, 0.3) is 5.91 Å². The number of nitrogens with zero attached hydrogens (tertiary/aromatic N) is 3. The zero-order chi connectivity index (χ0) is 16.4. The Morgan fingerprint density at radius 3 is 2.88 bits per heavy atom. The Hall–Kier alpha value is -2.83. The third-order valence-electron chi connectivity index (χ3n) is 4.13. The van der Waals surface area contributed by atoms with Gasteiger partial charge in [-0.15, -0.1) is 5.10 Å². The van der Waals surface area contributed by atoms with E-state index in [9.17, 15) is 4.79 Å². The molecule has 0 aromatic carbocycles. The normalized spacial score (nSPS) is 15.5. The highest BCUT2D eigenvalue weighted by Crippen LogP contribution is 2.24. The lowest BCUT2D eigenvalue weighted by atomic mass is 9.98. The van der Waals surface area contributed by atoms with Crippen LogP contribution < -0.4 is 10.1 Å². The molecule has 3 heterocycles. The summed E-state index contributed by atoms with van der Waals surface area (Å²) < 4.78 is 12.8. The molecule has 24 heavy (non-hydrogen) atoms. The zero-order valence-electron chi connectivity index (χ0n) is 13.1. The van der Waals surface area contributed by atoms with E-state index >= 15 is 0 Å². The maximum atomic E-state index is 12.0. The molecule has 1 aliphatic carbocycles. The largest absolute Gasteiger partial charge is 0.474 e. The molecule has 0 unspecified atom stereocenters. The van der Waals surface area contributed by atoms with Crippen LogP contribution in [0.3, 0.4) is 0 Å². The van der Waals surface area contributed by atoms with Crippen molar-refractivity contribution in [2.24, 2.45) is 0 Å². The molecule has 1 saturated carbocycles. The van der Waals surface area contributed by atoms with Crippen molar-refractivity contribution >= 4 is 17.5 Å². The second-order valence-corrected chi connectivity index (χ2v) is 5.88. The van der Waals surface area contributed by atoms with Crippen LogP contribution in [0, 0.1) is 0 Å². The average Bonchev–Trinajstić information content (AvgIpc) is 3.25. The first-order valence-electron chi connectivity index (χ1n) is 8.17. The lowest BCUT2D eigenvalue weighted by Gasteiger charge is -2.22. The Balaban J connectivity index is 1.56. The van der Waals surface area contributed by atoms with E-state index in [0.717, 1.165) is 12.8 Å². The van der Waals surface area contributed by atoms with Crippen LogP contribution in [-0.2, 0) is 0 Å². The monoisotopic (exact) mass is 326 g/mol. The number of hydrogen-bond donors (Lipinski definition) is 1. The highest BCUT2D eigenvalue weighted by Gasteiger charge is 2.18. The van der Waals surface area contributed by atoms with E-state index < -0.39 is 0 Å². The lowest BCUT2D eigenvalue weighted by Crippen LogP contribution is -2.21. The van der Waals surface area contributed by atoms with Crippen LogP contribution in [0.25, 0.3) is 5.65 Å². The summed E-state index contributed by atoms with van der Waals surface area (Å²) in [5, 5.41) is 6.97. The van der Waals surface area contributed by atoms with E-state index in [1.807, 2.05) is 18.2 Å². The van der Waals surface area contributed by atoms with Gasteiger partial charge in [-0.05, 0) is 43.9 Å². The Labute approximate surface area is 138 Å². The Kier molecular flexibility index (Phi) is 3.90. The number of carbonyl (C=O) groups excluding carboxylic acids is 1. The first kappa shape index (κ1) is 14.7. The molecule has 0 aliphatic heterocycles. The molecular formula is C17H18N4O3. The fourth-order valence-corrected chi connectivity index (χ4v) is 2.95. The second kappa shape index (κ2) is 6.35. The van der Waals surface area contributed by atoms with Crippen molar-refractivity contribution in [1.29, 1.82) is 0 Å². The summed E-state index contributed by atoms with van der Waals surface area (Å²) in [7, 11) is 0. The van der Waals surface area contributed by atoms with Crippen molar-refractivity contribution in [3.63, 3.8) is 0 Å². The first-order chi connectivity index (χ1) is 11.8. The maximum Gasteiger partial charge on any atom is 0.293 e. The van der Waals surface area contributed by atoms with Crippen LogP contribution in [0.1, 0.15) is 42.7 Å². The summed E-state index contributed by atoms with van der Waals surface area (Å²) in [5.74, 6) is 0.694. The van der Waals surface area contributed by atoms with Gasteiger partial charge in [0, 0.05) is 6.07 Å². The van der Waals surface area contributed by atoms with Gasteiger partial charge < -0.3 is 9.15 Å². The lowest BCUT2D eigenvalue weighted by molar-refractivity contribution is 0.0995. The number of amides is 1. The minimum atomic E-state index is -0.384. The SMILES string of the molecule is O=C(Nc1nc2cccc(OC3CCCCC3)n2n1)c1ccco1. The van der Waals surface area contributed by atoms with E-state index in [2.05, 4.69) is 15.4 Å². The van der Waals surface area contributed by atoms with E-state index in [0.29, 0.717) is 11.5 Å². The molecule has 1 N–H and O–H groups in total. The summed E-state index contributed by atoms with van der Waals surface area (Å²) >= 11 is 0. The van der Waals surface area contributed by atoms with E-state index in [-0.39, 0.29) is 23.7 Å². The first-order valence-corrected chi connectivity index (χ1v) is 8.17. The number of ether oxygens (including phenoxy) is 1. The Morgan fingerprint density at radius 1 is 1.21 bits per heavy atom. The van der Waals surface area contributed by atoms with Crippen LogP contribution in [0.4, 0.5) is 5.95 Å². The number of hydrogen-bond acceptors (Lipinski definition) is 5. The summed E-state index contributed by atoms with van der Waals surface area (Å²) in [6.45, 7) is 0. The second-order valence-electron chi connectivity index (χ2n) is 5.88. The molecular weight excluding hydrogens is 308 g/mol. The van der Waals surface area contributed by atoms with Crippen molar-refractivity contribution in [1.82, 2.24) is 14.6 Å². The quantitative estimate of drug-likeness (QED) is 0.795. The standard InChI is InChI=1S/C17H18N4O3/c22-16(13-8-5-11-23-13)19-17-18-14-9-4-10-15(21(14)20-17)24-12-6-2-1-3-7-12/h4-5,8-12H,1-3,6-7H2,(H,19,20,22). The molecule has 1 fully saturated rings. The number of anilines is 1. The van der Waals surface area contributed by atoms with Crippen LogP contribution >= 0.6 is 0 Å². The van der Waals surface area contributed by atoms with E-state index in [4.69, 9.17) is 9.15 Å². The van der Waals surface area contributed by atoms with Gasteiger partial charge in [0.1, 0.15) is 6.10 Å². The predicted octanol–water partition coefficient (Wildman–Crippen LogP) is 3.29. The number of rotatable bonds is 4. The number of nitrogens with one attached hydrogen (secondary N) is 1. The molecule has 1 amide bonds. The summed E-state index contributed by atoms with van der Waals surface area (Å²) in [6.07, 6.45) is 7.46. The zero-order valence-corrected chi connectivity index (χ0v) is 13.1. The predicted molar refractivity (Wildman–Crippen MR) is 87.1 cm³/mol. The molecule has 0 atom stereocenters. The van der Waals surface area contributed by atoms with Gasteiger partial charge >= 0.3 is 0 Å². The van der Waals surface area contributed by atoms with Crippen molar-refractivity contribution in [3.8, 4) is 5.88 Å². The molecule has 0 spiro atoms. The summed E-state index contributed by atoms with van der Waals surface area (Å²) in [5.41, 5.74) is 0.623. The van der Waals surface area contributed by atoms with Gasteiger partial charge in [0.15, 0.2) is 11.4 Å². The summed E-state index contributed by atoms with van der Waals surface area (Å²) in [6, 6.07) is 8.81. The molecule has 1 aliphatic rings. The highest BCUT2D eigenvalue weighted by atomic mass is 16.5. The number of carbonyl (C=O) groups is 1. The topological polar surface area (TPSA) is 81.7 Å². The minimum Gasteiger partial charge on any atom is -0.474 e. The van der Waals surface area contributed by atoms with Crippen LogP contribution in [0.2, 0.25) is 0 Å². The fourth-order valence-electron chi connectivity index (χ4n) is 2.95. The molecule has 124 valence electrons. The van der Waals surface area contributed by atoms with Gasteiger partial charge in [-0.25, -0.2) is 0 Å². The molecule has 3 aromatic heterocycles. The van der Waals surface area contributed by atoms with Gasteiger partial charge in [0.2, 0.25) is 11.8 Å². The van der Waals surface area contributed by atoms with Gasteiger partial charge in [0.05, 0.1) is 6.26 Å². The Bertz CT molecular complexity index is 835. The third-order valence-corrected chi connectivity index (χ3v) is 4.13. The molecule has 7 nitrogen and oxygen atoms in total. The molecule has 3 aromatic rings. The van der Waals surface area contributed by atoms with Crippen molar-refractivity contribution in [3.05, 3.63) is 42.4 Å². The molecule has 0 saturated heterocycles. The van der Waals surface area contributed by atoms with Crippen molar-refractivity contribution in [2.75, 3.05) is 5.32 Å². The van der Waals surface area contributed by atoms with Crippen molar-refractivity contribution < 1.29 is 13.9 Å². The molecule has 7 heteroatoms. The van der Waals surface area contributed by atoms with E-state index in [1.165, 1.54) is 25.5 Å².